The van der Waals surface area contributed by atoms with Crippen LogP contribution in [-0.4, -0.2) is 15.9 Å². The number of H-pyrrole nitrogens is 1. The lowest BCUT2D eigenvalue weighted by molar-refractivity contribution is 0.0996. The van der Waals surface area contributed by atoms with Gasteiger partial charge in [-0.25, -0.2) is 4.98 Å². The van der Waals surface area contributed by atoms with Gasteiger partial charge in [-0.3, -0.25) is 4.79 Å². The molecule has 0 bridgehead atoms. The van der Waals surface area contributed by atoms with Gasteiger partial charge in [0, 0.05) is 5.56 Å². The van der Waals surface area contributed by atoms with Crippen molar-refractivity contribution in [2.75, 3.05) is 0 Å². The molecule has 0 spiro atoms. The first-order valence-electron chi connectivity index (χ1n) is 6.83. The number of aromatic nitrogens is 2. The Morgan fingerprint density at radius 3 is 2.68 bits per heavy atom. The van der Waals surface area contributed by atoms with Crippen molar-refractivity contribution in [2.45, 2.75) is 6.61 Å². The van der Waals surface area contributed by atoms with Gasteiger partial charge in [0.1, 0.15) is 12.4 Å². The summed E-state index contributed by atoms with van der Waals surface area (Å²) in [7, 11) is 0. The summed E-state index contributed by atoms with van der Waals surface area (Å²) in [5, 5.41) is 0. The molecule has 1 aromatic heterocycles. The summed E-state index contributed by atoms with van der Waals surface area (Å²) >= 11 is 0. The van der Waals surface area contributed by atoms with Crippen LogP contribution in [0, 0.1) is 0 Å². The van der Waals surface area contributed by atoms with Crippen LogP contribution in [0.25, 0.3) is 11.3 Å². The van der Waals surface area contributed by atoms with Gasteiger partial charge in [0.15, 0.2) is 0 Å². The molecule has 0 atom stereocenters. The van der Waals surface area contributed by atoms with E-state index in [2.05, 4.69) is 9.97 Å². The summed E-state index contributed by atoms with van der Waals surface area (Å²) < 4.78 is 5.73. The molecule has 0 saturated carbocycles. The molecule has 0 unspecified atom stereocenters. The second kappa shape index (κ2) is 6.13. The first-order chi connectivity index (χ1) is 10.7. The number of nitrogens with one attached hydrogen (secondary N) is 1. The lowest BCUT2D eigenvalue weighted by Gasteiger charge is -2.11. The van der Waals surface area contributed by atoms with Crippen molar-refractivity contribution < 1.29 is 9.53 Å². The summed E-state index contributed by atoms with van der Waals surface area (Å²) in [6, 6.07) is 15.1. The van der Waals surface area contributed by atoms with E-state index in [4.69, 9.17) is 10.5 Å². The van der Waals surface area contributed by atoms with Crippen LogP contribution < -0.4 is 10.5 Å². The van der Waals surface area contributed by atoms with Gasteiger partial charge >= 0.3 is 0 Å². The summed E-state index contributed by atoms with van der Waals surface area (Å²) in [6.45, 7) is 0.379. The number of hydrogen-bond acceptors (Lipinski definition) is 3. The fraction of sp³-hybridized carbons (Fsp3) is 0.0588. The Labute approximate surface area is 127 Å². The summed E-state index contributed by atoms with van der Waals surface area (Å²) in [5.41, 5.74) is 8.48. The maximum Gasteiger partial charge on any atom is 0.252 e. The van der Waals surface area contributed by atoms with E-state index in [1.807, 2.05) is 36.4 Å². The number of benzene rings is 2. The number of nitrogens with two attached hydrogens (primary N) is 1. The number of primary amides is 1. The summed E-state index contributed by atoms with van der Waals surface area (Å²) in [4.78, 5) is 18.6. The molecular weight excluding hydrogens is 278 g/mol. The number of hydrogen-bond donors (Lipinski definition) is 2. The number of ether oxygens (including phenoxy) is 1. The van der Waals surface area contributed by atoms with E-state index in [0.717, 1.165) is 16.8 Å². The molecule has 2 aromatic carbocycles. The number of rotatable bonds is 5. The van der Waals surface area contributed by atoms with Crippen molar-refractivity contribution >= 4 is 5.91 Å². The van der Waals surface area contributed by atoms with Gasteiger partial charge in [-0.1, -0.05) is 30.3 Å². The number of imidazole rings is 1. The normalized spacial score (nSPS) is 10.4. The number of aromatic amines is 1. The maximum absolute atomic E-state index is 11.7. The van der Waals surface area contributed by atoms with Gasteiger partial charge < -0.3 is 15.5 Å². The van der Waals surface area contributed by atoms with Crippen molar-refractivity contribution in [3.8, 4) is 17.0 Å². The third-order valence-electron chi connectivity index (χ3n) is 3.29. The molecule has 5 heteroatoms. The molecule has 1 heterocycles. The fourth-order valence-corrected chi connectivity index (χ4v) is 2.17. The van der Waals surface area contributed by atoms with E-state index in [9.17, 15) is 4.79 Å². The van der Waals surface area contributed by atoms with E-state index in [0.29, 0.717) is 17.9 Å². The molecule has 3 rings (SSSR count). The zero-order valence-electron chi connectivity index (χ0n) is 11.8. The zero-order chi connectivity index (χ0) is 15.4. The topological polar surface area (TPSA) is 81.0 Å². The van der Waals surface area contributed by atoms with E-state index < -0.39 is 5.91 Å². The molecule has 1 amide bonds. The van der Waals surface area contributed by atoms with Crippen LogP contribution >= 0.6 is 0 Å². The van der Waals surface area contributed by atoms with E-state index in [-0.39, 0.29) is 0 Å². The van der Waals surface area contributed by atoms with Crippen LogP contribution in [0.4, 0.5) is 0 Å². The van der Waals surface area contributed by atoms with Crippen molar-refractivity contribution in [1.29, 1.82) is 0 Å². The van der Waals surface area contributed by atoms with Gasteiger partial charge in [0.25, 0.3) is 5.91 Å². The van der Waals surface area contributed by atoms with Crippen molar-refractivity contribution in [1.82, 2.24) is 9.97 Å². The third kappa shape index (κ3) is 2.98. The molecule has 22 heavy (non-hydrogen) atoms. The molecular formula is C17H15N3O2. The van der Waals surface area contributed by atoms with Crippen LogP contribution in [0.5, 0.6) is 5.75 Å². The maximum atomic E-state index is 11.7. The van der Waals surface area contributed by atoms with Gasteiger partial charge in [-0.2, -0.15) is 0 Å². The third-order valence-corrected chi connectivity index (χ3v) is 3.29. The first-order valence-corrected chi connectivity index (χ1v) is 6.83. The van der Waals surface area contributed by atoms with Gasteiger partial charge in [0.05, 0.1) is 23.8 Å². The lowest BCUT2D eigenvalue weighted by atomic mass is 10.1. The number of carbonyl (C=O) groups is 1. The monoisotopic (exact) mass is 293 g/mol. The Balaban J connectivity index is 1.86. The van der Waals surface area contributed by atoms with E-state index >= 15 is 0 Å². The standard InChI is InChI=1S/C17H15N3O2/c18-17(21)14-8-13(15-9-19-11-20-15)6-7-16(14)22-10-12-4-2-1-3-5-12/h1-9,11H,10H2,(H2,18,21)(H,19,20). The van der Waals surface area contributed by atoms with Crippen molar-refractivity contribution in [3.63, 3.8) is 0 Å². The average Bonchev–Trinajstić information content (AvgIpc) is 3.08. The highest BCUT2D eigenvalue weighted by Crippen LogP contribution is 2.26. The van der Waals surface area contributed by atoms with Crippen molar-refractivity contribution in [2.24, 2.45) is 5.73 Å². The fourth-order valence-electron chi connectivity index (χ4n) is 2.17. The van der Waals surface area contributed by atoms with Crippen LogP contribution in [0.1, 0.15) is 15.9 Å². The molecule has 0 aliphatic heterocycles. The van der Waals surface area contributed by atoms with Crippen LogP contribution in [-0.2, 0) is 6.61 Å². The quantitative estimate of drug-likeness (QED) is 0.759. The lowest BCUT2D eigenvalue weighted by Crippen LogP contribution is -2.13. The molecule has 0 aliphatic carbocycles. The van der Waals surface area contributed by atoms with Crippen molar-refractivity contribution in [3.05, 3.63) is 72.2 Å². The number of amides is 1. The van der Waals surface area contributed by atoms with Crippen LogP contribution in [0.3, 0.4) is 0 Å². The number of nitrogens with zero attached hydrogens (tertiary/aromatic N) is 1. The van der Waals surface area contributed by atoms with Crippen LogP contribution in [0.2, 0.25) is 0 Å². The second-order valence-electron chi connectivity index (χ2n) is 4.81. The van der Waals surface area contributed by atoms with Gasteiger partial charge in [0.2, 0.25) is 0 Å². The van der Waals surface area contributed by atoms with E-state index in [1.54, 1.807) is 24.7 Å². The predicted molar refractivity (Wildman–Crippen MR) is 83.3 cm³/mol. The molecule has 0 aliphatic rings. The molecule has 5 nitrogen and oxygen atoms in total. The summed E-state index contributed by atoms with van der Waals surface area (Å²) in [6.07, 6.45) is 3.27. The Hall–Kier alpha value is -3.08. The minimum Gasteiger partial charge on any atom is -0.488 e. The zero-order valence-corrected chi connectivity index (χ0v) is 11.8. The number of carbonyl (C=O) groups excluding carboxylic acids is 1. The van der Waals surface area contributed by atoms with Gasteiger partial charge in [-0.05, 0) is 23.8 Å². The Morgan fingerprint density at radius 1 is 1.18 bits per heavy atom. The minimum absolute atomic E-state index is 0.350. The van der Waals surface area contributed by atoms with E-state index in [1.165, 1.54) is 0 Å². The second-order valence-corrected chi connectivity index (χ2v) is 4.81. The summed E-state index contributed by atoms with van der Waals surface area (Å²) in [5.74, 6) is -0.0518. The molecule has 3 N–H and O–H groups in total. The van der Waals surface area contributed by atoms with Gasteiger partial charge in [-0.15, -0.1) is 0 Å². The molecule has 3 aromatic rings. The van der Waals surface area contributed by atoms with Crippen LogP contribution in [0.15, 0.2) is 61.1 Å². The highest BCUT2D eigenvalue weighted by atomic mass is 16.5. The minimum atomic E-state index is -0.524. The first kappa shape index (κ1) is 13.9. The Morgan fingerprint density at radius 2 is 2.00 bits per heavy atom. The average molecular weight is 293 g/mol. The Kier molecular flexibility index (Phi) is 3.87. The molecule has 0 saturated heterocycles. The molecule has 0 fully saturated rings. The largest absolute Gasteiger partial charge is 0.488 e. The molecule has 0 radical (unpaired) electrons. The smallest absolute Gasteiger partial charge is 0.252 e. The predicted octanol–water partition coefficient (Wildman–Crippen LogP) is 2.75. The Bertz CT molecular complexity index is 768. The highest BCUT2D eigenvalue weighted by Gasteiger charge is 2.12. The SMILES string of the molecule is NC(=O)c1cc(-c2cnc[nH]2)ccc1OCc1ccccc1. The highest BCUT2D eigenvalue weighted by molar-refractivity contribution is 5.96. The molecule has 110 valence electrons.